The number of rotatable bonds is 8. The van der Waals surface area contributed by atoms with Crippen molar-refractivity contribution in [3.05, 3.63) is 29.8 Å². The normalized spacial score (nSPS) is 10.6. The van der Waals surface area contributed by atoms with E-state index >= 15 is 0 Å². The summed E-state index contributed by atoms with van der Waals surface area (Å²) < 4.78 is 10.9. The zero-order chi connectivity index (χ0) is 14.1. The van der Waals surface area contributed by atoms with Crippen molar-refractivity contribution in [3.8, 4) is 11.5 Å². The predicted molar refractivity (Wildman–Crippen MR) is 78.2 cm³/mol. The van der Waals surface area contributed by atoms with Gasteiger partial charge in [0.2, 0.25) is 0 Å². The summed E-state index contributed by atoms with van der Waals surface area (Å²) in [5.74, 6) is 0.296. The molecule has 0 aliphatic carbocycles. The van der Waals surface area contributed by atoms with E-state index in [0.717, 1.165) is 29.8 Å². The summed E-state index contributed by atoms with van der Waals surface area (Å²) in [7, 11) is 1.56. The van der Waals surface area contributed by atoms with Gasteiger partial charge in [0, 0.05) is 11.4 Å². The van der Waals surface area contributed by atoms with Gasteiger partial charge in [-0.2, -0.15) is 0 Å². The zero-order valence-electron chi connectivity index (χ0n) is 10.8. The van der Waals surface area contributed by atoms with Crippen LogP contribution in [0.15, 0.2) is 24.3 Å². The molecule has 0 heterocycles. The van der Waals surface area contributed by atoms with E-state index < -0.39 is 5.97 Å². The molecule has 0 saturated heterocycles. The second-order valence-electron chi connectivity index (χ2n) is 3.83. The number of halogens is 1. The van der Waals surface area contributed by atoms with Gasteiger partial charge in [-0.25, -0.2) is 4.79 Å². The van der Waals surface area contributed by atoms with E-state index in [9.17, 15) is 4.79 Å². The Morgan fingerprint density at radius 1 is 1.37 bits per heavy atom. The van der Waals surface area contributed by atoms with Gasteiger partial charge in [-0.05, 0) is 36.6 Å². The van der Waals surface area contributed by atoms with E-state index in [-0.39, 0.29) is 0 Å². The summed E-state index contributed by atoms with van der Waals surface area (Å²) in [6, 6.07) is 5.33. The highest BCUT2D eigenvalue weighted by atomic mass is 79.9. The van der Waals surface area contributed by atoms with Crippen LogP contribution >= 0.6 is 15.9 Å². The Balaban J connectivity index is 2.70. The Morgan fingerprint density at radius 2 is 2.16 bits per heavy atom. The fourth-order valence-electron chi connectivity index (χ4n) is 1.45. The van der Waals surface area contributed by atoms with Crippen molar-refractivity contribution in [3.63, 3.8) is 0 Å². The third-order valence-electron chi connectivity index (χ3n) is 2.39. The van der Waals surface area contributed by atoms with Crippen LogP contribution in [-0.4, -0.2) is 30.1 Å². The van der Waals surface area contributed by atoms with Gasteiger partial charge in [0.25, 0.3) is 0 Å². The first-order chi connectivity index (χ1) is 9.17. The van der Waals surface area contributed by atoms with Crippen LogP contribution in [0, 0.1) is 0 Å². The smallest absolute Gasteiger partial charge is 0.328 e. The van der Waals surface area contributed by atoms with Crippen molar-refractivity contribution in [2.24, 2.45) is 0 Å². The second kappa shape index (κ2) is 8.58. The maximum absolute atomic E-state index is 10.5. The highest BCUT2D eigenvalue weighted by molar-refractivity contribution is 9.09. The minimum atomic E-state index is -0.978. The molecule has 0 aliphatic rings. The lowest BCUT2D eigenvalue weighted by Gasteiger charge is -2.11. The standard InChI is InChI=1S/C14H17BrO4/c1-18-13-10-11(5-7-14(16)17)4-6-12(13)19-9-3-2-8-15/h4-7,10H,2-3,8-9H2,1H3,(H,16,17)/b7-5+. The van der Waals surface area contributed by atoms with Crippen LogP contribution in [0.2, 0.25) is 0 Å². The molecule has 0 aliphatic heterocycles. The van der Waals surface area contributed by atoms with Crippen molar-refractivity contribution in [1.82, 2.24) is 0 Å². The molecule has 4 nitrogen and oxygen atoms in total. The Kier molecular flexibility index (Phi) is 7.03. The first kappa shape index (κ1) is 15.6. The Morgan fingerprint density at radius 3 is 2.79 bits per heavy atom. The molecule has 1 aromatic carbocycles. The number of unbranched alkanes of at least 4 members (excludes halogenated alkanes) is 1. The molecule has 5 heteroatoms. The monoisotopic (exact) mass is 328 g/mol. The topological polar surface area (TPSA) is 55.8 Å². The molecule has 1 aromatic rings. The van der Waals surface area contributed by atoms with Crippen LogP contribution in [0.25, 0.3) is 6.08 Å². The molecule has 0 unspecified atom stereocenters. The lowest BCUT2D eigenvalue weighted by molar-refractivity contribution is -0.131. The second-order valence-corrected chi connectivity index (χ2v) is 4.62. The minimum Gasteiger partial charge on any atom is -0.493 e. The van der Waals surface area contributed by atoms with Gasteiger partial charge in [-0.15, -0.1) is 0 Å². The van der Waals surface area contributed by atoms with Crippen LogP contribution in [0.4, 0.5) is 0 Å². The van der Waals surface area contributed by atoms with Crippen LogP contribution in [0.3, 0.4) is 0 Å². The number of methoxy groups -OCH3 is 1. The molecule has 0 bridgehead atoms. The van der Waals surface area contributed by atoms with E-state index in [2.05, 4.69) is 15.9 Å². The van der Waals surface area contributed by atoms with Gasteiger partial charge in [0.1, 0.15) is 0 Å². The molecule has 0 spiro atoms. The summed E-state index contributed by atoms with van der Waals surface area (Å²) >= 11 is 3.37. The van der Waals surface area contributed by atoms with Crippen LogP contribution in [0.5, 0.6) is 11.5 Å². The Hall–Kier alpha value is -1.49. The number of carboxylic acid groups (broad SMARTS) is 1. The predicted octanol–water partition coefficient (Wildman–Crippen LogP) is 3.35. The van der Waals surface area contributed by atoms with Crippen molar-refractivity contribution in [2.45, 2.75) is 12.8 Å². The maximum Gasteiger partial charge on any atom is 0.328 e. The first-order valence-electron chi connectivity index (χ1n) is 5.95. The number of alkyl halides is 1. The summed E-state index contributed by atoms with van der Waals surface area (Å²) in [5, 5.41) is 9.54. The van der Waals surface area contributed by atoms with Crippen LogP contribution in [0.1, 0.15) is 18.4 Å². The first-order valence-corrected chi connectivity index (χ1v) is 7.07. The fraction of sp³-hybridized carbons (Fsp3) is 0.357. The highest BCUT2D eigenvalue weighted by Gasteiger charge is 2.04. The van der Waals surface area contributed by atoms with E-state index in [1.807, 2.05) is 0 Å². The molecule has 1 rings (SSSR count). The average Bonchev–Trinajstić information content (AvgIpc) is 2.42. The van der Waals surface area contributed by atoms with Crippen molar-refractivity contribution in [2.75, 3.05) is 19.0 Å². The number of hydrogen-bond acceptors (Lipinski definition) is 3. The summed E-state index contributed by atoms with van der Waals surface area (Å²) in [6.07, 6.45) is 4.63. The van der Waals surface area contributed by atoms with Gasteiger partial charge in [0.05, 0.1) is 13.7 Å². The number of carbonyl (C=O) groups is 1. The third kappa shape index (κ3) is 5.79. The molecular formula is C14H17BrO4. The van der Waals surface area contributed by atoms with Crippen LogP contribution in [-0.2, 0) is 4.79 Å². The highest BCUT2D eigenvalue weighted by Crippen LogP contribution is 2.28. The molecule has 0 amide bonds. The number of benzene rings is 1. The minimum absolute atomic E-state index is 0.603. The van der Waals surface area contributed by atoms with Gasteiger partial charge in [0.15, 0.2) is 11.5 Å². The largest absolute Gasteiger partial charge is 0.493 e. The molecule has 19 heavy (non-hydrogen) atoms. The van der Waals surface area contributed by atoms with E-state index in [1.54, 1.807) is 25.3 Å². The third-order valence-corrected chi connectivity index (χ3v) is 2.95. The summed E-state index contributed by atoms with van der Waals surface area (Å²) in [5.41, 5.74) is 0.757. The molecule has 0 atom stereocenters. The fourth-order valence-corrected chi connectivity index (χ4v) is 1.85. The molecule has 104 valence electrons. The van der Waals surface area contributed by atoms with Gasteiger partial charge < -0.3 is 14.6 Å². The van der Waals surface area contributed by atoms with E-state index in [1.165, 1.54) is 6.08 Å². The van der Waals surface area contributed by atoms with Gasteiger partial charge in [-0.3, -0.25) is 0 Å². The molecule has 0 fully saturated rings. The lowest BCUT2D eigenvalue weighted by atomic mass is 10.2. The molecule has 0 aromatic heterocycles. The zero-order valence-corrected chi connectivity index (χ0v) is 12.4. The van der Waals surface area contributed by atoms with Crippen molar-refractivity contribution < 1.29 is 19.4 Å². The van der Waals surface area contributed by atoms with E-state index in [4.69, 9.17) is 14.6 Å². The van der Waals surface area contributed by atoms with Crippen LogP contribution < -0.4 is 9.47 Å². The number of ether oxygens (including phenoxy) is 2. The molecule has 0 radical (unpaired) electrons. The van der Waals surface area contributed by atoms with Crippen molar-refractivity contribution in [1.29, 1.82) is 0 Å². The average molecular weight is 329 g/mol. The SMILES string of the molecule is COc1cc(/C=C/C(=O)O)ccc1OCCCCBr. The quantitative estimate of drug-likeness (QED) is 0.451. The lowest BCUT2D eigenvalue weighted by Crippen LogP contribution is -1.99. The van der Waals surface area contributed by atoms with Gasteiger partial charge in [-0.1, -0.05) is 22.0 Å². The molecule has 1 N–H and O–H groups in total. The Bertz CT molecular complexity index is 443. The number of hydrogen-bond donors (Lipinski definition) is 1. The molecule has 0 saturated carbocycles. The van der Waals surface area contributed by atoms with E-state index in [0.29, 0.717) is 18.1 Å². The van der Waals surface area contributed by atoms with Gasteiger partial charge >= 0.3 is 5.97 Å². The Labute approximate surface area is 121 Å². The van der Waals surface area contributed by atoms with Crippen molar-refractivity contribution >= 4 is 28.0 Å². The number of aliphatic carboxylic acids is 1. The maximum atomic E-state index is 10.5. The number of carboxylic acids is 1. The summed E-state index contributed by atoms with van der Waals surface area (Å²) in [6.45, 7) is 0.631. The molecular weight excluding hydrogens is 312 g/mol. The summed E-state index contributed by atoms with van der Waals surface area (Å²) in [4.78, 5) is 10.5.